The standard InChI is InChI=1S/C12H13NO4/c14-11(15)8-13-10(12(16)17)7-6-9-4-2-1-3-5-9/h1-7,10,13H,8H2,(H,14,15)(H,16,17). The van der Waals surface area contributed by atoms with Gasteiger partial charge in [-0.05, 0) is 5.56 Å². The van der Waals surface area contributed by atoms with Crippen LogP contribution in [0.5, 0.6) is 0 Å². The van der Waals surface area contributed by atoms with Gasteiger partial charge in [0.1, 0.15) is 6.04 Å². The molecular weight excluding hydrogens is 222 g/mol. The van der Waals surface area contributed by atoms with Crippen LogP contribution in [0.3, 0.4) is 0 Å². The summed E-state index contributed by atoms with van der Waals surface area (Å²) in [5.41, 5.74) is 0.857. The van der Waals surface area contributed by atoms with Gasteiger partial charge in [-0.25, -0.2) is 0 Å². The number of rotatable bonds is 6. The first kappa shape index (κ1) is 12.9. The van der Waals surface area contributed by atoms with Gasteiger partial charge in [-0.3, -0.25) is 14.9 Å². The van der Waals surface area contributed by atoms with Crippen molar-refractivity contribution in [2.45, 2.75) is 6.04 Å². The molecule has 17 heavy (non-hydrogen) atoms. The number of aliphatic carboxylic acids is 2. The minimum atomic E-state index is -1.11. The van der Waals surface area contributed by atoms with E-state index in [0.717, 1.165) is 5.56 Å². The van der Waals surface area contributed by atoms with Crippen LogP contribution in [0.15, 0.2) is 36.4 Å². The molecular formula is C12H13NO4. The van der Waals surface area contributed by atoms with Crippen molar-refractivity contribution in [1.29, 1.82) is 0 Å². The molecule has 1 aromatic rings. The number of carboxylic acids is 2. The van der Waals surface area contributed by atoms with Gasteiger partial charge in [0.2, 0.25) is 0 Å². The molecule has 0 saturated heterocycles. The van der Waals surface area contributed by atoms with E-state index in [1.54, 1.807) is 6.08 Å². The Kier molecular flexibility index (Phi) is 4.90. The third-order valence-corrected chi connectivity index (χ3v) is 2.02. The maximum atomic E-state index is 10.8. The number of hydrogen-bond acceptors (Lipinski definition) is 3. The van der Waals surface area contributed by atoms with Crippen LogP contribution >= 0.6 is 0 Å². The molecule has 0 aliphatic carbocycles. The van der Waals surface area contributed by atoms with Crippen LogP contribution in [0.1, 0.15) is 5.56 Å². The third-order valence-electron chi connectivity index (χ3n) is 2.02. The van der Waals surface area contributed by atoms with Crippen LogP contribution in [0, 0.1) is 0 Å². The van der Waals surface area contributed by atoms with Crippen LogP contribution in [0.25, 0.3) is 6.08 Å². The number of carbonyl (C=O) groups is 2. The first-order valence-corrected chi connectivity index (χ1v) is 5.01. The summed E-state index contributed by atoms with van der Waals surface area (Å²) in [6, 6.07) is 8.17. The summed E-state index contributed by atoms with van der Waals surface area (Å²) >= 11 is 0. The average molecular weight is 235 g/mol. The fourth-order valence-corrected chi connectivity index (χ4v) is 1.21. The fraction of sp³-hybridized carbons (Fsp3) is 0.167. The molecule has 0 heterocycles. The van der Waals surface area contributed by atoms with E-state index in [1.807, 2.05) is 30.3 Å². The molecule has 5 heteroatoms. The zero-order valence-electron chi connectivity index (χ0n) is 9.04. The highest BCUT2D eigenvalue weighted by molar-refractivity contribution is 5.78. The molecule has 0 fully saturated rings. The molecule has 1 aromatic carbocycles. The van der Waals surface area contributed by atoms with Gasteiger partial charge in [-0.1, -0.05) is 42.5 Å². The summed E-state index contributed by atoms with van der Waals surface area (Å²) in [5, 5.41) is 19.7. The Morgan fingerprint density at radius 3 is 2.41 bits per heavy atom. The van der Waals surface area contributed by atoms with E-state index >= 15 is 0 Å². The van der Waals surface area contributed by atoms with Gasteiger partial charge >= 0.3 is 11.9 Å². The summed E-state index contributed by atoms with van der Waals surface area (Å²) in [7, 11) is 0. The SMILES string of the molecule is O=C(O)CNC(C=Cc1ccccc1)C(=O)O. The molecule has 0 saturated carbocycles. The van der Waals surface area contributed by atoms with Crippen LogP contribution in [0.2, 0.25) is 0 Å². The Balaban J connectivity index is 2.63. The smallest absolute Gasteiger partial charge is 0.324 e. The summed E-state index contributed by atoms with van der Waals surface area (Å²) in [6.07, 6.45) is 3.05. The summed E-state index contributed by atoms with van der Waals surface area (Å²) in [5.74, 6) is -2.21. The lowest BCUT2D eigenvalue weighted by Crippen LogP contribution is -2.38. The van der Waals surface area contributed by atoms with Crippen LogP contribution in [0.4, 0.5) is 0 Å². The predicted octanol–water partition coefficient (Wildman–Crippen LogP) is 0.827. The quantitative estimate of drug-likeness (QED) is 0.679. The van der Waals surface area contributed by atoms with Crippen molar-refractivity contribution in [3.8, 4) is 0 Å². The Morgan fingerprint density at radius 1 is 1.24 bits per heavy atom. The first-order valence-electron chi connectivity index (χ1n) is 5.01. The molecule has 0 amide bonds. The molecule has 1 rings (SSSR count). The second-order valence-corrected chi connectivity index (χ2v) is 3.36. The lowest BCUT2D eigenvalue weighted by atomic mass is 10.1. The molecule has 1 atom stereocenters. The maximum absolute atomic E-state index is 10.8. The van der Waals surface area contributed by atoms with E-state index in [-0.39, 0.29) is 0 Å². The zero-order valence-corrected chi connectivity index (χ0v) is 9.04. The minimum absolute atomic E-state index is 0.393. The summed E-state index contributed by atoms with van der Waals surface area (Å²) in [6.45, 7) is -0.393. The van der Waals surface area contributed by atoms with E-state index in [4.69, 9.17) is 10.2 Å². The van der Waals surface area contributed by atoms with Crippen LogP contribution < -0.4 is 5.32 Å². The van der Waals surface area contributed by atoms with Crippen LogP contribution in [-0.2, 0) is 9.59 Å². The van der Waals surface area contributed by atoms with Gasteiger partial charge in [0.05, 0.1) is 6.54 Å². The van der Waals surface area contributed by atoms with E-state index in [2.05, 4.69) is 5.32 Å². The third kappa shape index (κ3) is 4.94. The largest absolute Gasteiger partial charge is 0.480 e. The Morgan fingerprint density at radius 2 is 1.88 bits per heavy atom. The predicted molar refractivity (Wildman–Crippen MR) is 62.5 cm³/mol. The molecule has 90 valence electrons. The average Bonchev–Trinajstić information content (AvgIpc) is 2.29. The van der Waals surface area contributed by atoms with E-state index in [9.17, 15) is 9.59 Å². The van der Waals surface area contributed by atoms with Crippen molar-refractivity contribution >= 4 is 18.0 Å². The summed E-state index contributed by atoms with van der Waals surface area (Å²) < 4.78 is 0. The monoisotopic (exact) mass is 235 g/mol. The Hall–Kier alpha value is -2.14. The van der Waals surface area contributed by atoms with Crippen molar-refractivity contribution in [3.05, 3.63) is 42.0 Å². The van der Waals surface area contributed by atoms with Gasteiger partial charge in [0.15, 0.2) is 0 Å². The van der Waals surface area contributed by atoms with Gasteiger partial charge in [0.25, 0.3) is 0 Å². The lowest BCUT2D eigenvalue weighted by molar-refractivity contribution is -0.139. The Bertz CT molecular complexity index is 414. The highest BCUT2D eigenvalue weighted by Gasteiger charge is 2.13. The van der Waals surface area contributed by atoms with E-state index in [1.165, 1.54) is 6.08 Å². The molecule has 0 spiro atoms. The molecule has 0 bridgehead atoms. The number of hydrogen-bond donors (Lipinski definition) is 3. The molecule has 0 radical (unpaired) electrons. The van der Waals surface area contributed by atoms with Gasteiger partial charge in [0, 0.05) is 0 Å². The van der Waals surface area contributed by atoms with Crippen molar-refractivity contribution in [3.63, 3.8) is 0 Å². The Labute approximate surface area is 98.4 Å². The molecule has 0 aromatic heterocycles. The van der Waals surface area contributed by atoms with Crippen molar-refractivity contribution in [2.24, 2.45) is 0 Å². The maximum Gasteiger partial charge on any atom is 0.324 e. The van der Waals surface area contributed by atoms with Gasteiger partial charge in [-0.15, -0.1) is 0 Å². The van der Waals surface area contributed by atoms with Crippen molar-refractivity contribution in [1.82, 2.24) is 5.32 Å². The number of benzene rings is 1. The second kappa shape index (κ2) is 6.44. The lowest BCUT2D eigenvalue weighted by Gasteiger charge is -2.07. The second-order valence-electron chi connectivity index (χ2n) is 3.36. The normalized spacial score (nSPS) is 12.5. The topological polar surface area (TPSA) is 86.6 Å². The number of nitrogens with one attached hydrogen (secondary N) is 1. The fourth-order valence-electron chi connectivity index (χ4n) is 1.21. The highest BCUT2D eigenvalue weighted by atomic mass is 16.4. The summed E-state index contributed by atoms with van der Waals surface area (Å²) in [4.78, 5) is 21.1. The number of carboxylic acid groups (broad SMARTS) is 2. The molecule has 1 unspecified atom stereocenters. The van der Waals surface area contributed by atoms with E-state index in [0.29, 0.717) is 0 Å². The van der Waals surface area contributed by atoms with Gasteiger partial charge < -0.3 is 10.2 Å². The molecule has 0 aliphatic heterocycles. The minimum Gasteiger partial charge on any atom is -0.480 e. The molecule has 3 N–H and O–H groups in total. The van der Waals surface area contributed by atoms with Crippen LogP contribution in [-0.4, -0.2) is 34.7 Å². The van der Waals surface area contributed by atoms with E-state index < -0.39 is 24.5 Å². The van der Waals surface area contributed by atoms with Gasteiger partial charge in [-0.2, -0.15) is 0 Å². The molecule has 0 aliphatic rings. The first-order chi connectivity index (χ1) is 8.09. The zero-order chi connectivity index (χ0) is 12.7. The van der Waals surface area contributed by atoms with Crippen molar-refractivity contribution < 1.29 is 19.8 Å². The highest BCUT2D eigenvalue weighted by Crippen LogP contribution is 2.02. The molecule has 5 nitrogen and oxygen atoms in total. The van der Waals surface area contributed by atoms with Crippen molar-refractivity contribution in [2.75, 3.05) is 6.54 Å².